The first-order valence-electron chi connectivity index (χ1n) is 9.32. The summed E-state index contributed by atoms with van der Waals surface area (Å²) in [6.07, 6.45) is -1.61. The zero-order chi connectivity index (χ0) is 18.9. The van der Waals surface area contributed by atoms with E-state index in [2.05, 4.69) is 9.88 Å². The molecule has 0 spiro atoms. The average Bonchev–Trinajstić information content (AvgIpc) is 3.10. The highest BCUT2D eigenvalue weighted by molar-refractivity contribution is 5.74. The Kier molecular flexibility index (Phi) is 4.91. The number of fused-ring (bicyclic) bond motifs is 1. The normalized spacial score (nSPS) is 16.9. The molecule has 1 saturated heterocycles. The molecular formula is C21H22F3N3. The molecule has 0 amide bonds. The van der Waals surface area contributed by atoms with Crippen LogP contribution >= 0.6 is 0 Å². The van der Waals surface area contributed by atoms with Crippen LogP contribution in [0.1, 0.15) is 35.7 Å². The Morgan fingerprint density at radius 2 is 1.81 bits per heavy atom. The Labute approximate surface area is 156 Å². The first-order chi connectivity index (χ1) is 13.0. The number of imidazole rings is 1. The summed E-state index contributed by atoms with van der Waals surface area (Å²) < 4.78 is 38.5. The molecule has 142 valence electrons. The van der Waals surface area contributed by atoms with Gasteiger partial charge in [-0.15, -0.1) is 0 Å². The number of hydrogen-bond acceptors (Lipinski definition) is 2. The third kappa shape index (κ3) is 4.16. The fraction of sp³-hybridized carbons (Fsp3) is 0.381. The van der Waals surface area contributed by atoms with Gasteiger partial charge in [0.2, 0.25) is 0 Å². The lowest BCUT2D eigenvalue weighted by molar-refractivity contribution is -0.137. The lowest BCUT2D eigenvalue weighted by atomic mass is 9.96. The molecule has 6 heteroatoms. The van der Waals surface area contributed by atoms with Crippen molar-refractivity contribution < 1.29 is 13.2 Å². The van der Waals surface area contributed by atoms with Crippen LogP contribution in [0.15, 0.2) is 48.5 Å². The SMILES string of the molecule is FC(F)(F)c1cccc(CCN2CCC(c3nc4ccccc4[nH]3)CC2)c1. The summed E-state index contributed by atoms with van der Waals surface area (Å²) in [5.74, 6) is 1.47. The van der Waals surface area contributed by atoms with E-state index in [9.17, 15) is 13.2 Å². The maximum atomic E-state index is 12.8. The monoisotopic (exact) mass is 373 g/mol. The van der Waals surface area contributed by atoms with Gasteiger partial charge < -0.3 is 9.88 Å². The topological polar surface area (TPSA) is 31.9 Å². The number of para-hydroxylation sites is 2. The molecule has 1 aliphatic heterocycles. The molecule has 2 heterocycles. The van der Waals surface area contributed by atoms with Crippen molar-refractivity contribution in [3.05, 3.63) is 65.5 Å². The van der Waals surface area contributed by atoms with Crippen LogP contribution in [0.5, 0.6) is 0 Å². The summed E-state index contributed by atoms with van der Waals surface area (Å²) in [7, 11) is 0. The predicted molar refractivity (Wildman–Crippen MR) is 99.7 cm³/mol. The van der Waals surface area contributed by atoms with Crippen LogP contribution in [0, 0.1) is 0 Å². The van der Waals surface area contributed by atoms with Crippen LogP contribution < -0.4 is 0 Å². The largest absolute Gasteiger partial charge is 0.416 e. The molecule has 0 atom stereocenters. The molecule has 0 aliphatic carbocycles. The summed E-state index contributed by atoms with van der Waals surface area (Å²) in [5, 5.41) is 0. The molecule has 3 nitrogen and oxygen atoms in total. The molecule has 0 saturated carbocycles. The number of piperidine rings is 1. The highest BCUT2D eigenvalue weighted by atomic mass is 19.4. The Hall–Kier alpha value is -2.34. The van der Waals surface area contributed by atoms with E-state index in [1.165, 1.54) is 12.1 Å². The third-order valence-electron chi connectivity index (χ3n) is 5.35. The maximum Gasteiger partial charge on any atom is 0.416 e. The number of likely N-dealkylation sites (tertiary alicyclic amines) is 1. The van der Waals surface area contributed by atoms with E-state index in [1.54, 1.807) is 6.07 Å². The number of nitrogens with one attached hydrogen (secondary N) is 1. The number of hydrogen-bond donors (Lipinski definition) is 1. The number of rotatable bonds is 4. The highest BCUT2D eigenvalue weighted by Crippen LogP contribution is 2.30. The Morgan fingerprint density at radius 3 is 2.56 bits per heavy atom. The highest BCUT2D eigenvalue weighted by Gasteiger charge is 2.30. The molecule has 0 bridgehead atoms. The van der Waals surface area contributed by atoms with Crippen molar-refractivity contribution in [1.29, 1.82) is 0 Å². The molecule has 1 aromatic heterocycles. The van der Waals surface area contributed by atoms with Gasteiger partial charge in [0.15, 0.2) is 0 Å². The van der Waals surface area contributed by atoms with Gasteiger partial charge in [0.25, 0.3) is 0 Å². The van der Waals surface area contributed by atoms with Gasteiger partial charge in [-0.25, -0.2) is 4.98 Å². The number of alkyl halides is 3. The van der Waals surface area contributed by atoms with Crippen molar-refractivity contribution in [3.63, 3.8) is 0 Å². The van der Waals surface area contributed by atoms with Crippen LogP contribution in [0.4, 0.5) is 13.2 Å². The molecule has 0 radical (unpaired) electrons. The summed E-state index contributed by atoms with van der Waals surface area (Å²) in [6.45, 7) is 2.68. The van der Waals surface area contributed by atoms with Gasteiger partial charge in [-0.2, -0.15) is 13.2 Å². The fourth-order valence-electron chi connectivity index (χ4n) is 3.79. The standard InChI is InChI=1S/C21H22F3N3/c22-21(23,24)17-5-3-4-15(14-17)8-11-27-12-9-16(10-13-27)20-25-18-6-1-2-7-19(18)26-20/h1-7,14,16H,8-13H2,(H,25,26). The zero-order valence-corrected chi connectivity index (χ0v) is 15.0. The number of aromatic nitrogens is 2. The zero-order valence-electron chi connectivity index (χ0n) is 15.0. The molecule has 1 aliphatic rings. The van der Waals surface area contributed by atoms with E-state index in [1.807, 2.05) is 24.3 Å². The maximum absolute atomic E-state index is 12.8. The van der Waals surface area contributed by atoms with Gasteiger partial charge in [-0.3, -0.25) is 0 Å². The van der Waals surface area contributed by atoms with E-state index in [-0.39, 0.29) is 0 Å². The second-order valence-corrected chi connectivity index (χ2v) is 7.20. The Balaban J connectivity index is 1.32. The van der Waals surface area contributed by atoms with Crippen LogP contribution in [0.3, 0.4) is 0 Å². The second kappa shape index (κ2) is 7.35. The summed E-state index contributed by atoms with van der Waals surface area (Å²) >= 11 is 0. The van der Waals surface area contributed by atoms with Crippen molar-refractivity contribution in [3.8, 4) is 0 Å². The molecule has 0 unspecified atom stereocenters. The summed E-state index contributed by atoms with van der Waals surface area (Å²) in [4.78, 5) is 10.5. The van der Waals surface area contributed by atoms with Gasteiger partial charge in [-0.1, -0.05) is 30.3 Å². The molecule has 1 fully saturated rings. The van der Waals surface area contributed by atoms with Gasteiger partial charge in [0.05, 0.1) is 16.6 Å². The number of halogens is 3. The minimum absolute atomic E-state index is 0.419. The van der Waals surface area contributed by atoms with Crippen LogP contribution in [0.25, 0.3) is 11.0 Å². The van der Waals surface area contributed by atoms with Crippen LogP contribution in [-0.2, 0) is 12.6 Å². The van der Waals surface area contributed by atoms with Gasteiger partial charge >= 0.3 is 6.18 Å². The smallest absolute Gasteiger partial charge is 0.342 e. The van der Waals surface area contributed by atoms with Gasteiger partial charge in [0.1, 0.15) is 5.82 Å². The van der Waals surface area contributed by atoms with Crippen molar-refractivity contribution >= 4 is 11.0 Å². The Morgan fingerprint density at radius 1 is 1.04 bits per heavy atom. The van der Waals surface area contributed by atoms with E-state index >= 15 is 0 Å². The molecule has 2 aromatic carbocycles. The molecular weight excluding hydrogens is 351 g/mol. The van der Waals surface area contributed by atoms with Crippen molar-refractivity contribution in [2.45, 2.75) is 31.4 Å². The number of benzene rings is 2. The lowest BCUT2D eigenvalue weighted by Gasteiger charge is -2.31. The number of nitrogens with zero attached hydrogens (tertiary/aromatic N) is 2. The van der Waals surface area contributed by atoms with Crippen molar-refractivity contribution in [1.82, 2.24) is 14.9 Å². The van der Waals surface area contributed by atoms with E-state index in [0.29, 0.717) is 12.3 Å². The molecule has 1 N–H and O–H groups in total. The lowest BCUT2D eigenvalue weighted by Crippen LogP contribution is -2.34. The molecule has 3 aromatic rings. The number of H-pyrrole nitrogens is 1. The van der Waals surface area contributed by atoms with Gasteiger partial charge in [-0.05, 0) is 56.1 Å². The second-order valence-electron chi connectivity index (χ2n) is 7.20. The molecule has 27 heavy (non-hydrogen) atoms. The van der Waals surface area contributed by atoms with Crippen molar-refractivity contribution in [2.24, 2.45) is 0 Å². The Bertz CT molecular complexity index is 875. The van der Waals surface area contributed by atoms with Gasteiger partial charge in [0, 0.05) is 12.5 Å². The minimum atomic E-state index is -4.28. The van der Waals surface area contributed by atoms with Crippen molar-refractivity contribution in [2.75, 3.05) is 19.6 Å². The van der Waals surface area contributed by atoms with Crippen LogP contribution in [0.2, 0.25) is 0 Å². The first kappa shape index (κ1) is 18.0. The number of aromatic amines is 1. The van der Waals surface area contributed by atoms with E-state index in [4.69, 9.17) is 4.98 Å². The van der Waals surface area contributed by atoms with Crippen LogP contribution in [-0.4, -0.2) is 34.5 Å². The first-order valence-corrected chi connectivity index (χ1v) is 9.32. The predicted octanol–water partition coefficient (Wildman–Crippen LogP) is 5.00. The van der Waals surface area contributed by atoms with E-state index in [0.717, 1.165) is 61.0 Å². The summed E-state index contributed by atoms with van der Waals surface area (Å²) in [6, 6.07) is 13.7. The fourth-order valence-corrected chi connectivity index (χ4v) is 3.79. The average molecular weight is 373 g/mol. The van der Waals surface area contributed by atoms with E-state index < -0.39 is 11.7 Å². The summed E-state index contributed by atoms with van der Waals surface area (Å²) in [5.41, 5.74) is 2.24. The minimum Gasteiger partial charge on any atom is -0.342 e. The third-order valence-corrected chi connectivity index (χ3v) is 5.35. The quantitative estimate of drug-likeness (QED) is 0.698. The molecule has 4 rings (SSSR count).